The molecule has 7 heteroatoms. The lowest BCUT2D eigenvalue weighted by atomic mass is 10.1. The number of benzene rings is 2. The minimum Gasteiger partial charge on any atom is -0.484 e. The van der Waals surface area contributed by atoms with E-state index in [9.17, 15) is 14.0 Å². The first-order valence-corrected chi connectivity index (χ1v) is 10.4. The van der Waals surface area contributed by atoms with Crippen molar-refractivity contribution in [3.63, 3.8) is 0 Å². The van der Waals surface area contributed by atoms with Gasteiger partial charge < -0.3 is 15.0 Å². The number of amides is 2. The Morgan fingerprint density at radius 3 is 2.59 bits per heavy atom. The van der Waals surface area contributed by atoms with Gasteiger partial charge in [-0.2, -0.15) is 0 Å². The maximum absolute atomic E-state index is 13.0. The number of unbranched alkanes of at least 4 members (excludes halogenated alkanes) is 1. The lowest BCUT2D eigenvalue weighted by Crippen LogP contribution is -2.49. The fourth-order valence-electron chi connectivity index (χ4n) is 2.71. The van der Waals surface area contributed by atoms with Crippen molar-refractivity contribution in [2.24, 2.45) is 0 Å². The van der Waals surface area contributed by atoms with Gasteiger partial charge in [0.25, 0.3) is 5.91 Å². The third-order valence-corrected chi connectivity index (χ3v) is 4.91. The Bertz CT molecular complexity index is 814. The highest BCUT2D eigenvalue weighted by atomic mass is 79.9. The van der Waals surface area contributed by atoms with Crippen LogP contribution in [0.1, 0.15) is 32.3 Å². The Balaban J connectivity index is 2.10. The van der Waals surface area contributed by atoms with Crippen molar-refractivity contribution >= 4 is 27.7 Å². The van der Waals surface area contributed by atoms with E-state index >= 15 is 0 Å². The molecule has 0 radical (unpaired) electrons. The molecule has 1 atom stereocenters. The topological polar surface area (TPSA) is 58.6 Å². The highest BCUT2D eigenvalue weighted by molar-refractivity contribution is 9.10. The molecule has 0 aliphatic carbocycles. The number of carbonyl (C=O) groups is 2. The summed E-state index contributed by atoms with van der Waals surface area (Å²) in [5.74, 6) is -0.518. The summed E-state index contributed by atoms with van der Waals surface area (Å²) in [5.41, 5.74) is 0.891. The summed E-state index contributed by atoms with van der Waals surface area (Å²) in [6.07, 6.45) is 1.85. The molecule has 0 aromatic heterocycles. The maximum Gasteiger partial charge on any atom is 0.261 e. The van der Waals surface area contributed by atoms with Crippen molar-refractivity contribution in [2.45, 2.75) is 39.3 Å². The first kappa shape index (κ1) is 22.9. The molecule has 0 saturated carbocycles. The van der Waals surface area contributed by atoms with E-state index in [1.54, 1.807) is 6.92 Å². The molecule has 2 aromatic carbocycles. The summed E-state index contributed by atoms with van der Waals surface area (Å²) >= 11 is 3.43. The van der Waals surface area contributed by atoms with Crippen LogP contribution in [0.25, 0.3) is 0 Å². The summed E-state index contributed by atoms with van der Waals surface area (Å²) in [6.45, 7) is 4.35. The summed E-state index contributed by atoms with van der Waals surface area (Å²) in [5, 5.41) is 2.87. The van der Waals surface area contributed by atoms with Crippen LogP contribution in [0.3, 0.4) is 0 Å². The fraction of sp³-hybridized carbons (Fsp3) is 0.364. The van der Waals surface area contributed by atoms with Crippen LogP contribution in [-0.4, -0.2) is 35.9 Å². The standard InChI is InChI=1S/C22H26BrFN2O3/c1-3-4-12-25-22(28)16(2)26(14-17-6-5-7-18(23)13-17)21(27)15-29-20-10-8-19(24)9-11-20/h5-11,13,16H,3-4,12,14-15H2,1-2H3,(H,25,28). The van der Waals surface area contributed by atoms with Gasteiger partial charge in [-0.05, 0) is 55.3 Å². The highest BCUT2D eigenvalue weighted by Crippen LogP contribution is 2.16. The van der Waals surface area contributed by atoms with Crippen molar-refractivity contribution in [1.29, 1.82) is 0 Å². The second-order valence-corrected chi connectivity index (χ2v) is 7.63. The van der Waals surface area contributed by atoms with E-state index in [0.717, 1.165) is 22.9 Å². The van der Waals surface area contributed by atoms with E-state index in [1.807, 2.05) is 31.2 Å². The number of ether oxygens (including phenoxy) is 1. The van der Waals surface area contributed by atoms with Gasteiger partial charge in [-0.15, -0.1) is 0 Å². The van der Waals surface area contributed by atoms with E-state index < -0.39 is 6.04 Å². The zero-order chi connectivity index (χ0) is 21.2. The van der Waals surface area contributed by atoms with E-state index in [2.05, 4.69) is 21.2 Å². The van der Waals surface area contributed by atoms with Gasteiger partial charge in [0.05, 0.1) is 0 Å². The number of carbonyl (C=O) groups excluding carboxylic acids is 2. The van der Waals surface area contributed by atoms with Gasteiger partial charge in [-0.1, -0.05) is 41.4 Å². The second kappa shape index (κ2) is 11.6. The largest absolute Gasteiger partial charge is 0.484 e. The van der Waals surface area contributed by atoms with Crippen LogP contribution in [0.4, 0.5) is 4.39 Å². The van der Waals surface area contributed by atoms with Crippen molar-refractivity contribution < 1.29 is 18.7 Å². The summed E-state index contributed by atoms with van der Waals surface area (Å²) in [6, 6.07) is 12.4. The SMILES string of the molecule is CCCCNC(=O)C(C)N(Cc1cccc(Br)c1)C(=O)COc1ccc(F)cc1. The number of hydrogen-bond donors (Lipinski definition) is 1. The van der Waals surface area contributed by atoms with Crippen molar-refractivity contribution in [3.05, 3.63) is 64.4 Å². The molecule has 29 heavy (non-hydrogen) atoms. The monoisotopic (exact) mass is 464 g/mol. The van der Waals surface area contributed by atoms with Gasteiger partial charge in [-0.3, -0.25) is 9.59 Å². The van der Waals surface area contributed by atoms with Crippen LogP contribution >= 0.6 is 15.9 Å². The molecule has 2 amide bonds. The van der Waals surface area contributed by atoms with E-state index in [0.29, 0.717) is 12.3 Å². The van der Waals surface area contributed by atoms with Gasteiger partial charge in [-0.25, -0.2) is 4.39 Å². The number of rotatable bonds is 10. The molecule has 1 unspecified atom stereocenters. The fourth-order valence-corrected chi connectivity index (χ4v) is 3.16. The minimum atomic E-state index is -0.657. The molecule has 5 nitrogen and oxygen atoms in total. The average molecular weight is 465 g/mol. The Morgan fingerprint density at radius 2 is 1.93 bits per heavy atom. The molecule has 156 valence electrons. The Labute approximate surface area is 179 Å². The Morgan fingerprint density at radius 1 is 1.21 bits per heavy atom. The van der Waals surface area contributed by atoms with Crippen molar-refractivity contribution in [2.75, 3.05) is 13.2 Å². The van der Waals surface area contributed by atoms with Crippen LogP contribution in [0.15, 0.2) is 53.0 Å². The first-order chi connectivity index (χ1) is 13.9. The molecule has 2 rings (SSSR count). The summed E-state index contributed by atoms with van der Waals surface area (Å²) in [7, 11) is 0. The molecule has 0 fully saturated rings. The quantitative estimate of drug-likeness (QED) is 0.533. The van der Waals surface area contributed by atoms with E-state index in [1.165, 1.54) is 29.2 Å². The number of nitrogens with one attached hydrogen (secondary N) is 1. The molecule has 2 aromatic rings. The zero-order valence-electron chi connectivity index (χ0n) is 16.7. The first-order valence-electron chi connectivity index (χ1n) is 9.60. The van der Waals surface area contributed by atoms with Crippen LogP contribution in [0, 0.1) is 5.82 Å². The lowest BCUT2D eigenvalue weighted by molar-refractivity contribution is -0.142. The zero-order valence-corrected chi connectivity index (χ0v) is 18.2. The molecule has 0 aliphatic heterocycles. The van der Waals surface area contributed by atoms with Crippen LogP contribution in [0.5, 0.6) is 5.75 Å². The Hall–Kier alpha value is -2.41. The minimum absolute atomic E-state index is 0.205. The molecule has 0 heterocycles. The predicted molar refractivity (Wildman–Crippen MR) is 114 cm³/mol. The molecule has 1 N–H and O–H groups in total. The third kappa shape index (κ3) is 7.49. The average Bonchev–Trinajstić information content (AvgIpc) is 2.71. The van der Waals surface area contributed by atoms with E-state index in [-0.39, 0.29) is 30.8 Å². The van der Waals surface area contributed by atoms with Gasteiger partial charge in [0.15, 0.2) is 6.61 Å². The van der Waals surface area contributed by atoms with Gasteiger partial charge in [0.2, 0.25) is 5.91 Å². The lowest BCUT2D eigenvalue weighted by Gasteiger charge is -2.28. The van der Waals surface area contributed by atoms with Crippen LogP contribution in [0.2, 0.25) is 0 Å². The van der Waals surface area contributed by atoms with Crippen LogP contribution in [-0.2, 0) is 16.1 Å². The number of nitrogens with zero attached hydrogens (tertiary/aromatic N) is 1. The molecular formula is C22H26BrFN2O3. The smallest absolute Gasteiger partial charge is 0.261 e. The van der Waals surface area contributed by atoms with Gasteiger partial charge in [0.1, 0.15) is 17.6 Å². The molecule has 0 saturated heterocycles. The molecule has 0 spiro atoms. The molecule has 0 aliphatic rings. The maximum atomic E-state index is 13.0. The highest BCUT2D eigenvalue weighted by Gasteiger charge is 2.26. The van der Waals surface area contributed by atoms with Crippen LogP contribution < -0.4 is 10.1 Å². The normalized spacial score (nSPS) is 11.6. The second-order valence-electron chi connectivity index (χ2n) is 6.71. The number of hydrogen-bond acceptors (Lipinski definition) is 3. The van der Waals surface area contributed by atoms with Gasteiger partial charge >= 0.3 is 0 Å². The summed E-state index contributed by atoms with van der Waals surface area (Å²) in [4.78, 5) is 26.9. The molecular weight excluding hydrogens is 439 g/mol. The van der Waals surface area contributed by atoms with Crippen molar-refractivity contribution in [1.82, 2.24) is 10.2 Å². The third-order valence-electron chi connectivity index (χ3n) is 4.41. The molecule has 0 bridgehead atoms. The van der Waals surface area contributed by atoms with Crippen molar-refractivity contribution in [3.8, 4) is 5.75 Å². The Kier molecular flexibility index (Phi) is 9.12. The summed E-state index contributed by atoms with van der Waals surface area (Å²) < 4.78 is 19.4. The number of halogens is 2. The van der Waals surface area contributed by atoms with E-state index in [4.69, 9.17) is 4.74 Å². The predicted octanol–water partition coefficient (Wildman–Crippen LogP) is 4.30. The van der Waals surface area contributed by atoms with Gasteiger partial charge in [0, 0.05) is 17.6 Å².